The molecule has 0 unspecified atom stereocenters. The average Bonchev–Trinajstić information content (AvgIpc) is 2.26. The van der Waals surface area contributed by atoms with Crippen molar-refractivity contribution in [2.45, 2.75) is 12.8 Å². The van der Waals surface area contributed by atoms with Crippen LogP contribution in [-0.2, 0) is 14.3 Å². The lowest BCUT2D eigenvalue weighted by atomic mass is 9.99. The number of hydrogen-bond donors (Lipinski definition) is 1. The minimum absolute atomic E-state index is 0.233. The smallest absolute Gasteiger partial charge is 0.328 e. The molecule has 0 aliphatic carbocycles. The zero-order chi connectivity index (χ0) is 12.0. The number of amides is 1. The van der Waals surface area contributed by atoms with Crippen molar-refractivity contribution >= 4 is 11.9 Å². The molecule has 0 spiro atoms. The van der Waals surface area contributed by atoms with Crippen LogP contribution < -0.4 is 0 Å². The van der Waals surface area contributed by atoms with Crippen molar-refractivity contribution in [2.75, 3.05) is 26.8 Å². The van der Waals surface area contributed by atoms with Crippen LogP contribution in [0.15, 0.2) is 12.2 Å². The van der Waals surface area contributed by atoms with E-state index in [1.54, 1.807) is 12.0 Å². The molecule has 1 saturated heterocycles. The summed E-state index contributed by atoms with van der Waals surface area (Å²) in [5.41, 5.74) is 0. The lowest BCUT2D eigenvalue weighted by molar-refractivity contribution is -0.132. The minimum atomic E-state index is -1.10. The highest BCUT2D eigenvalue weighted by molar-refractivity contribution is 5.93. The lowest BCUT2D eigenvalue weighted by Crippen LogP contribution is -2.40. The van der Waals surface area contributed by atoms with Gasteiger partial charge in [-0.25, -0.2) is 4.79 Å². The van der Waals surface area contributed by atoms with Gasteiger partial charge < -0.3 is 14.7 Å². The first kappa shape index (κ1) is 12.7. The molecule has 0 bridgehead atoms. The third kappa shape index (κ3) is 4.02. The first-order valence-electron chi connectivity index (χ1n) is 5.32. The van der Waals surface area contributed by atoms with Gasteiger partial charge in [-0.05, 0) is 18.8 Å². The summed E-state index contributed by atoms with van der Waals surface area (Å²) in [5.74, 6) is -0.970. The molecular weight excluding hydrogens is 210 g/mol. The Morgan fingerprint density at radius 2 is 2.25 bits per heavy atom. The predicted octanol–water partition coefficient (Wildman–Crippen LogP) is 0.512. The topological polar surface area (TPSA) is 66.8 Å². The number of ether oxygens (including phenoxy) is 1. The largest absolute Gasteiger partial charge is 0.478 e. The van der Waals surface area contributed by atoms with Gasteiger partial charge in [0.2, 0.25) is 5.91 Å². The van der Waals surface area contributed by atoms with E-state index in [0.29, 0.717) is 25.6 Å². The summed E-state index contributed by atoms with van der Waals surface area (Å²) in [6.07, 6.45) is 3.99. The van der Waals surface area contributed by atoms with E-state index in [4.69, 9.17) is 9.84 Å². The summed E-state index contributed by atoms with van der Waals surface area (Å²) in [7, 11) is 1.64. The molecule has 0 aromatic heterocycles. The number of piperidine rings is 1. The van der Waals surface area contributed by atoms with Gasteiger partial charge in [-0.2, -0.15) is 0 Å². The van der Waals surface area contributed by atoms with Crippen LogP contribution in [0.4, 0.5) is 0 Å². The van der Waals surface area contributed by atoms with E-state index in [0.717, 1.165) is 25.0 Å². The number of likely N-dealkylation sites (tertiary alicyclic amines) is 1. The van der Waals surface area contributed by atoms with E-state index in [1.165, 1.54) is 0 Å². The molecule has 16 heavy (non-hydrogen) atoms. The van der Waals surface area contributed by atoms with Crippen molar-refractivity contribution in [3.05, 3.63) is 12.2 Å². The van der Waals surface area contributed by atoms with E-state index >= 15 is 0 Å². The molecule has 1 amide bonds. The number of rotatable bonds is 4. The molecule has 1 rings (SSSR count). The fourth-order valence-electron chi connectivity index (χ4n) is 1.88. The molecule has 1 fully saturated rings. The van der Waals surface area contributed by atoms with Crippen LogP contribution in [0.1, 0.15) is 12.8 Å². The number of carbonyl (C=O) groups is 2. The monoisotopic (exact) mass is 227 g/mol. The third-order valence-electron chi connectivity index (χ3n) is 2.60. The molecule has 0 radical (unpaired) electrons. The van der Waals surface area contributed by atoms with E-state index < -0.39 is 5.97 Å². The predicted molar refractivity (Wildman–Crippen MR) is 58.0 cm³/mol. The second-order valence-electron chi connectivity index (χ2n) is 3.92. The number of aliphatic carboxylic acids is 1. The van der Waals surface area contributed by atoms with Gasteiger partial charge in [-0.3, -0.25) is 4.79 Å². The summed E-state index contributed by atoms with van der Waals surface area (Å²) < 4.78 is 5.06. The highest BCUT2D eigenvalue weighted by atomic mass is 16.5. The number of carboxylic acid groups (broad SMARTS) is 1. The molecule has 1 heterocycles. The zero-order valence-corrected chi connectivity index (χ0v) is 9.39. The van der Waals surface area contributed by atoms with Crippen molar-refractivity contribution < 1.29 is 19.4 Å². The molecule has 90 valence electrons. The third-order valence-corrected chi connectivity index (χ3v) is 2.60. The number of nitrogens with zero attached hydrogens (tertiary/aromatic N) is 1. The molecule has 1 N–H and O–H groups in total. The van der Waals surface area contributed by atoms with E-state index in [1.807, 2.05) is 0 Å². The summed E-state index contributed by atoms with van der Waals surface area (Å²) >= 11 is 0. The van der Waals surface area contributed by atoms with Crippen molar-refractivity contribution in [2.24, 2.45) is 5.92 Å². The maximum atomic E-state index is 11.6. The normalized spacial score (nSPS) is 21.3. The number of carbonyl (C=O) groups excluding carboxylic acids is 1. The molecule has 0 aromatic carbocycles. The Balaban J connectivity index is 2.46. The standard InChI is InChI=1S/C11H17NO4/c1-16-8-9-3-2-6-12(7-9)10(13)4-5-11(14)15/h4-5,9H,2-3,6-8H2,1H3,(H,14,15)/b5-4+/t9-/m0/s1. The van der Waals surface area contributed by atoms with Gasteiger partial charge in [0.25, 0.3) is 0 Å². The van der Waals surface area contributed by atoms with Gasteiger partial charge >= 0.3 is 5.97 Å². The average molecular weight is 227 g/mol. The van der Waals surface area contributed by atoms with Crippen LogP contribution in [0.2, 0.25) is 0 Å². The maximum Gasteiger partial charge on any atom is 0.328 e. The van der Waals surface area contributed by atoms with E-state index in [-0.39, 0.29) is 5.91 Å². The second-order valence-corrected chi connectivity index (χ2v) is 3.92. The molecule has 1 aliphatic rings. The van der Waals surface area contributed by atoms with E-state index in [9.17, 15) is 9.59 Å². The maximum absolute atomic E-state index is 11.6. The van der Waals surface area contributed by atoms with Crippen LogP contribution in [0.25, 0.3) is 0 Å². The highest BCUT2D eigenvalue weighted by Gasteiger charge is 2.22. The van der Waals surface area contributed by atoms with Crippen molar-refractivity contribution in [1.29, 1.82) is 0 Å². The fraction of sp³-hybridized carbons (Fsp3) is 0.636. The Bertz CT molecular complexity index is 286. The highest BCUT2D eigenvalue weighted by Crippen LogP contribution is 2.16. The van der Waals surface area contributed by atoms with Crippen molar-refractivity contribution in [3.63, 3.8) is 0 Å². The summed E-state index contributed by atoms with van der Waals surface area (Å²) in [5, 5.41) is 8.42. The first-order chi connectivity index (χ1) is 7.63. The Labute approximate surface area is 94.7 Å². The van der Waals surface area contributed by atoms with Gasteiger partial charge in [0.1, 0.15) is 0 Å². The second kappa shape index (κ2) is 6.27. The lowest BCUT2D eigenvalue weighted by Gasteiger charge is -2.31. The molecule has 1 aliphatic heterocycles. The molecule has 0 aromatic rings. The summed E-state index contributed by atoms with van der Waals surface area (Å²) in [6.45, 7) is 1.99. The minimum Gasteiger partial charge on any atom is -0.478 e. The van der Waals surface area contributed by atoms with E-state index in [2.05, 4.69) is 0 Å². The zero-order valence-electron chi connectivity index (χ0n) is 9.39. The fourth-order valence-corrected chi connectivity index (χ4v) is 1.88. The Hall–Kier alpha value is -1.36. The quantitative estimate of drug-likeness (QED) is 0.711. The number of methoxy groups -OCH3 is 1. The molecule has 0 saturated carbocycles. The van der Waals surface area contributed by atoms with Crippen LogP contribution in [0, 0.1) is 5.92 Å². The molecule has 1 atom stereocenters. The molecule has 5 nitrogen and oxygen atoms in total. The van der Waals surface area contributed by atoms with Gasteiger partial charge in [-0.1, -0.05) is 0 Å². The number of carboxylic acids is 1. The van der Waals surface area contributed by atoms with Crippen LogP contribution in [0.3, 0.4) is 0 Å². The number of hydrogen-bond acceptors (Lipinski definition) is 3. The van der Waals surface area contributed by atoms with Crippen molar-refractivity contribution in [3.8, 4) is 0 Å². The van der Waals surface area contributed by atoms with Crippen LogP contribution >= 0.6 is 0 Å². The van der Waals surface area contributed by atoms with Gasteiger partial charge in [0.05, 0.1) is 6.61 Å². The van der Waals surface area contributed by atoms with Crippen LogP contribution in [-0.4, -0.2) is 48.7 Å². The first-order valence-corrected chi connectivity index (χ1v) is 5.32. The Morgan fingerprint density at radius 1 is 1.50 bits per heavy atom. The molecule has 5 heteroatoms. The van der Waals surface area contributed by atoms with Gasteiger partial charge in [0.15, 0.2) is 0 Å². The van der Waals surface area contributed by atoms with Gasteiger partial charge in [-0.15, -0.1) is 0 Å². The SMILES string of the molecule is COC[C@H]1CCCN(C(=O)/C=C/C(=O)O)C1. The molecular formula is C11H17NO4. The summed E-state index contributed by atoms with van der Waals surface area (Å²) in [4.78, 5) is 23.5. The Morgan fingerprint density at radius 3 is 2.88 bits per heavy atom. The van der Waals surface area contributed by atoms with Gasteiger partial charge in [0, 0.05) is 32.4 Å². The van der Waals surface area contributed by atoms with Crippen molar-refractivity contribution in [1.82, 2.24) is 4.90 Å². The summed E-state index contributed by atoms with van der Waals surface area (Å²) in [6, 6.07) is 0. The Kier molecular flexibility index (Phi) is 4.98. The van der Waals surface area contributed by atoms with Crippen LogP contribution in [0.5, 0.6) is 0 Å².